The van der Waals surface area contributed by atoms with Crippen molar-refractivity contribution < 1.29 is 0 Å². The molecule has 11 aromatic carbocycles. The molecule has 2 aliphatic carbocycles. The van der Waals surface area contributed by atoms with E-state index in [0.717, 1.165) is 17.1 Å². The fourth-order valence-corrected chi connectivity index (χ4v) is 12.7. The fraction of sp³-hybridized carbons (Fsp3) is 0.108. The van der Waals surface area contributed by atoms with Gasteiger partial charge in [0.05, 0.1) is 16.5 Å². The second-order valence-corrected chi connectivity index (χ2v) is 21.8. The van der Waals surface area contributed by atoms with Gasteiger partial charge in [0, 0.05) is 16.9 Å². The van der Waals surface area contributed by atoms with Crippen molar-refractivity contribution in [3.8, 4) is 44.5 Å². The van der Waals surface area contributed by atoms with Crippen LogP contribution in [0.15, 0.2) is 267 Å². The van der Waals surface area contributed by atoms with Crippen molar-refractivity contribution in [1.29, 1.82) is 0 Å². The summed E-state index contributed by atoms with van der Waals surface area (Å²) in [5.41, 5.74) is 25.8. The number of anilines is 3. The molecular weight excluding hydrogens is 903 g/mol. The van der Waals surface area contributed by atoms with E-state index >= 15 is 0 Å². The third-order valence-corrected chi connectivity index (χ3v) is 16.4. The molecule has 0 bridgehead atoms. The average Bonchev–Trinajstić information content (AvgIpc) is 3.96. The Balaban J connectivity index is 1.09. The van der Waals surface area contributed by atoms with Crippen molar-refractivity contribution in [3.05, 3.63) is 328 Å². The molecule has 0 N–H and O–H groups in total. The molecule has 2 aliphatic rings. The van der Waals surface area contributed by atoms with E-state index in [1.165, 1.54) is 106 Å². The lowest BCUT2D eigenvalue weighted by Crippen LogP contribution is -2.31. The number of hydrogen-bond acceptors (Lipinski definition) is 1. The van der Waals surface area contributed by atoms with Crippen LogP contribution in [0.1, 0.15) is 82.0 Å². The highest BCUT2D eigenvalue weighted by Crippen LogP contribution is 2.62. The monoisotopic (exact) mass is 961 g/mol. The second-order valence-electron chi connectivity index (χ2n) is 21.8. The van der Waals surface area contributed by atoms with Crippen molar-refractivity contribution in [3.63, 3.8) is 0 Å². The van der Waals surface area contributed by atoms with Crippen LogP contribution in [0, 0.1) is 13.8 Å². The van der Waals surface area contributed by atoms with Crippen LogP contribution >= 0.6 is 0 Å². The molecule has 0 fully saturated rings. The van der Waals surface area contributed by atoms with Crippen LogP contribution in [-0.2, 0) is 16.2 Å². The van der Waals surface area contributed by atoms with Gasteiger partial charge in [0.2, 0.25) is 0 Å². The molecular formula is C74H59N. The first-order chi connectivity index (χ1) is 36.6. The van der Waals surface area contributed by atoms with Gasteiger partial charge in [-0.2, -0.15) is 0 Å². The first kappa shape index (κ1) is 46.0. The molecule has 1 heteroatoms. The minimum atomic E-state index is -0.635. The third-order valence-electron chi connectivity index (χ3n) is 16.4. The Kier molecular flexibility index (Phi) is 11.1. The lowest BCUT2D eigenvalue weighted by atomic mass is 9.67. The van der Waals surface area contributed by atoms with Gasteiger partial charge in [-0.05, 0) is 139 Å². The van der Waals surface area contributed by atoms with Gasteiger partial charge in [0.25, 0.3) is 0 Å². The van der Waals surface area contributed by atoms with E-state index in [1.807, 2.05) is 0 Å². The van der Waals surface area contributed by atoms with E-state index in [2.05, 4.69) is 306 Å². The lowest BCUT2D eigenvalue weighted by molar-refractivity contribution is 0.590. The molecule has 0 aliphatic heterocycles. The summed E-state index contributed by atoms with van der Waals surface area (Å²) in [6.45, 7) is 11.2. The first-order valence-electron chi connectivity index (χ1n) is 26.5. The van der Waals surface area contributed by atoms with Gasteiger partial charge in [-0.3, -0.25) is 0 Å². The largest absolute Gasteiger partial charge is 0.310 e. The SMILES string of the molecule is Cc1ccc(C2(c3ccc(-c4ccccc4)cc3)c3ccccc3-c3ccc(N(c4ccc(-c5ccc(C(C)(C)C)cc5)cc4)c4cccc5c4C(c4ccccc4)(c4ccc(C)cc4)c4ccccc4-5)cc32)cc1. The average molecular weight is 962 g/mol. The summed E-state index contributed by atoms with van der Waals surface area (Å²) in [7, 11) is 0. The van der Waals surface area contributed by atoms with Crippen molar-refractivity contribution in [2.24, 2.45) is 0 Å². The normalized spacial score (nSPS) is 16.2. The van der Waals surface area contributed by atoms with Gasteiger partial charge in [0.1, 0.15) is 0 Å². The Labute approximate surface area is 443 Å². The molecule has 75 heavy (non-hydrogen) atoms. The molecule has 1 nitrogen and oxygen atoms in total. The topological polar surface area (TPSA) is 3.24 Å². The second kappa shape index (κ2) is 18.0. The number of benzene rings is 11. The molecule has 2 unspecified atom stereocenters. The molecule has 13 rings (SSSR count). The summed E-state index contributed by atoms with van der Waals surface area (Å²) in [6, 6.07) is 101. The maximum Gasteiger partial charge on any atom is 0.0734 e. The van der Waals surface area contributed by atoms with E-state index < -0.39 is 10.8 Å². The van der Waals surface area contributed by atoms with Gasteiger partial charge < -0.3 is 4.90 Å². The van der Waals surface area contributed by atoms with Crippen LogP contribution in [0.3, 0.4) is 0 Å². The van der Waals surface area contributed by atoms with Crippen molar-refractivity contribution in [1.82, 2.24) is 0 Å². The quantitative estimate of drug-likeness (QED) is 0.139. The standard InChI is InChI=1S/C74H59N/c1-50-27-37-58(38-28-50)73(59-43-33-53(34-44-59)52-17-8-6-9-18-52)67-24-14-12-21-63(67)65-48-47-62(49-69(65)73)75(61-45-35-55(36-46-61)54-31-41-56(42-32-54)72(3,4)5)70-26-16-23-66-64-22-13-15-25-68(64)74(71(66)70,57-19-10-7-11-20-57)60-39-29-51(2)30-40-60/h6-49H,1-5H3. The highest BCUT2D eigenvalue weighted by atomic mass is 15.1. The summed E-state index contributed by atoms with van der Waals surface area (Å²) in [5, 5.41) is 0. The zero-order valence-electron chi connectivity index (χ0n) is 43.4. The van der Waals surface area contributed by atoms with Gasteiger partial charge in [-0.15, -0.1) is 0 Å². The Morgan fingerprint density at radius 2 is 0.720 bits per heavy atom. The first-order valence-corrected chi connectivity index (χ1v) is 26.5. The highest BCUT2D eigenvalue weighted by Gasteiger charge is 2.50. The van der Waals surface area contributed by atoms with Crippen molar-refractivity contribution in [2.45, 2.75) is 50.9 Å². The van der Waals surface area contributed by atoms with Crippen molar-refractivity contribution in [2.75, 3.05) is 4.90 Å². The predicted molar refractivity (Wildman–Crippen MR) is 315 cm³/mol. The van der Waals surface area contributed by atoms with Crippen LogP contribution in [0.4, 0.5) is 17.1 Å². The van der Waals surface area contributed by atoms with Gasteiger partial charge in [-0.1, -0.05) is 268 Å². The molecule has 0 saturated carbocycles. The fourth-order valence-electron chi connectivity index (χ4n) is 12.7. The van der Waals surface area contributed by atoms with Gasteiger partial charge in [-0.25, -0.2) is 0 Å². The zero-order chi connectivity index (χ0) is 50.9. The summed E-state index contributed by atoms with van der Waals surface area (Å²) in [6.07, 6.45) is 0. The smallest absolute Gasteiger partial charge is 0.0734 e. The summed E-state index contributed by atoms with van der Waals surface area (Å²) < 4.78 is 0. The minimum Gasteiger partial charge on any atom is -0.310 e. The van der Waals surface area contributed by atoms with Gasteiger partial charge >= 0.3 is 0 Å². The van der Waals surface area contributed by atoms with E-state index in [0.29, 0.717) is 0 Å². The van der Waals surface area contributed by atoms with Crippen LogP contribution in [-0.4, -0.2) is 0 Å². The van der Waals surface area contributed by atoms with Crippen LogP contribution in [0.25, 0.3) is 44.5 Å². The molecule has 0 saturated heterocycles. The Hall–Kier alpha value is -8.78. The predicted octanol–water partition coefficient (Wildman–Crippen LogP) is 19.1. The summed E-state index contributed by atoms with van der Waals surface area (Å²) >= 11 is 0. The highest BCUT2D eigenvalue weighted by molar-refractivity contribution is 5.96. The summed E-state index contributed by atoms with van der Waals surface area (Å²) in [5.74, 6) is 0. The third kappa shape index (κ3) is 7.36. The van der Waals surface area contributed by atoms with E-state index in [1.54, 1.807) is 0 Å². The molecule has 0 radical (unpaired) electrons. The van der Waals surface area contributed by atoms with E-state index in [9.17, 15) is 0 Å². The van der Waals surface area contributed by atoms with E-state index in [-0.39, 0.29) is 5.41 Å². The minimum absolute atomic E-state index is 0.0753. The zero-order valence-corrected chi connectivity index (χ0v) is 43.4. The van der Waals surface area contributed by atoms with Crippen molar-refractivity contribution >= 4 is 17.1 Å². The van der Waals surface area contributed by atoms with Gasteiger partial charge in [0.15, 0.2) is 0 Å². The number of nitrogens with zero attached hydrogens (tertiary/aromatic N) is 1. The summed E-state index contributed by atoms with van der Waals surface area (Å²) in [4.78, 5) is 2.56. The molecule has 0 aromatic heterocycles. The molecule has 360 valence electrons. The van der Waals surface area contributed by atoms with Crippen LogP contribution in [0.2, 0.25) is 0 Å². The maximum atomic E-state index is 2.56. The molecule has 11 aromatic rings. The molecule has 2 atom stereocenters. The molecule has 0 heterocycles. The number of aryl methyl sites for hydroxylation is 2. The van der Waals surface area contributed by atoms with Crippen LogP contribution in [0.5, 0.6) is 0 Å². The molecule has 0 spiro atoms. The Morgan fingerprint density at radius 1 is 0.307 bits per heavy atom. The van der Waals surface area contributed by atoms with E-state index in [4.69, 9.17) is 0 Å². The number of hydrogen-bond donors (Lipinski definition) is 0. The van der Waals surface area contributed by atoms with Crippen LogP contribution < -0.4 is 4.90 Å². The number of rotatable bonds is 9. The Morgan fingerprint density at radius 3 is 1.31 bits per heavy atom. The number of fused-ring (bicyclic) bond motifs is 6. The molecule has 0 amide bonds. The maximum absolute atomic E-state index is 2.56. The lowest BCUT2D eigenvalue weighted by Gasteiger charge is -2.38. The Bertz CT molecular complexity index is 3880.